The van der Waals surface area contributed by atoms with Crippen molar-refractivity contribution in [2.24, 2.45) is 0 Å². The summed E-state index contributed by atoms with van der Waals surface area (Å²) in [7, 11) is 2.61. The van der Waals surface area contributed by atoms with E-state index in [2.05, 4.69) is 184 Å². The second-order valence-corrected chi connectivity index (χ2v) is 25.1. The SMILES string of the molecule is CC(C)(C)c1cc(C(C)(C)C)c(P=c2c(-c3cccs3)c(-c3cccs3)c2=Pc2c(C(C)(C)C)cc(C(C)(C)C)cc2C(C)(C)C)c(C(C)(C)C)c1. The van der Waals surface area contributed by atoms with Gasteiger partial charge in [-0.1, -0.05) is 177 Å². The predicted octanol–water partition coefficient (Wildman–Crippen LogP) is 15.4. The summed E-state index contributed by atoms with van der Waals surface area (Å²) >= 11 is 3.76. The fourth-order valence-corrected chi connectivity index (χ4v) is 12.5. The second-order valence-electron chi connectivity index (χ2n) is 21.0. The molecule has 0 saturated heterocycles. The van der Waals surface area contributed by atoms with Crippen LogP contribution in [-0.4, -0.2) is 0 Å². The zero-order chi connectivity index (χ0) is 39.0. The van der Waals surface area contributed by atoms with Gasteiger partial charge in [0, 0.05) is 41.4 Å². The van der Waals surface area contributed by atoms with Crippen LogP contribution in [0, 0.1) is 9.88 Å². The molecular formula is C48H64P2S2. The van der Waals surface area contributed by atoms with E-state index in [4.69, 9.17) is 0 Å². The first-order chi connectivity index (χ1) is 23.6. The minimum absolute atomic E-state index is 0.00321. The van der Waals surface area contributed by atoms with E-state index < -0.39 is 0 Å². The zero-order valence-corrected chi connectivity index (χ0v) is 38.9. The highest BCUT2D eigenvalue weighted by Gasteiger charge is 2.32. The molecule has 0 radical (unpaired) electrons. The fourth-order valence-electron chi connectivity index (χ4n) is 6.84. The predicted molar refractivity (Wildman–Crippen MR) is 240 cm³/mol. The van der Waals surface area contributed by atoms with E-state index in [9.17, 15) is 0 Å². The Morgan fingerprint density at radius 1 is 0.385 bits per heavy atom. The van der Waals surface area contributed by atoms with E-state index in [0.29, 0.717) is 0 Å². The van der Waals surface area contributed by atoms with Crippen molar-refractivity contribution < 1.29 is 0 Å². The summed E-state index contributed by atoms with van der Waals surface area (Å²) in [4.78, 5) is 5.74. The maximum atomic E-state index is 2.55. The summed E-state index contributed by atoms with van der Waals surface area (Å²) in [6.07, 6.45) is 0. The van der Waals surface area contributed by atoms with Crippen LogP contribution in [0.2, 0.25) is 0 Å². The van der Waals surface area contributed by atoms with Crippen molar-refractivity contribution in [3.63, 3.8) is 0 Å². The molecule has 0 amide bonds. The average Bonchev–Trinajstić information content (AvgIpc) is 3.69. The lowest BCUT2D eigenvalue weighted by molar-refractivity contribution is 0.553. The summed E-state index contributed by atoms with van der Waals surface area (Å²) in [5.74, 6) is 0. The largest absolute Gasteiger partial charge is 0.144 e. The molecule has 0 atom stereocenters. The molecule has 5 aromatic rings. The quantitative estimate of drug-likeness (QED) is 0.160. The van der Waals surface area contributed by atoms with E-state index in [-0.39, 0.29) is 32.5 Å². The molecule has 0 bridgehead atoms. The molecule has 0 aliphatic rings. The average molecular weight is 767 g/mol. The highest BCUT2D eigenvalue weighted by Crippen LogP contribution is 2.48. The molecule has 4 heteroatoms. The smallest absolute Gasteiger partial charge is 0.0359 e. The first kappa shape index (κ1) is 41.1. The molecule has 0 fully saturated rings. The fraction of sp³-hybridized carbons (Fsp3) is 0.500. The van der Waals surface area contributed by atoms with Gasteiger partial charge in [0.2, 0.25) is 0 Å². The van der Waals surface area contributed by atoms with Gasteiger partial charge in [0.05, 0.1) is 0 Å². The van der Waals surface area contributed by atoms with Gasteiger partial charge in [0.15, 0.2) is 0 Å². The standard InChI is InChI=1S/C48H64P2S2/c1-43(2,3)29-25-31(45(7,8)9)39(32(26-29)46(10,11)12)49-41-37(35-21-19-23-51-35)38(36-22-20-24-52-36)42(41)50-40-33(47(13,14)15)27-30(44(4,5)6)28-34(40)48(16,17)18/h19-28H,1-18H3. The summed E-state index contributed by atoms with van der Waals surface area (Å²) in [5, 5.41) is 7.48. The van der Waals surface area contributed by atoms with E-state index in [1.165, 1.54) is 91.2 Å². The summed E-state index contributed by atoms with van der Waals surface area (Å²) < 4.78 is 0. The monoisotopic (exact) mass is 766 g/mol. The van der Waals surface area contributed by atoms with Crippen LogP contribution in [0.4, 0.5) is 0 Å². The topological polar surface area (TPSA) is 0 Å². The molecule has 3 aromatic carbocycles. The van der Waals surface area contributed by atoms with Crippen molar-refractivity contribution in [3.8, 4) is 20.9 Å². The lowest BCUT2D eigenvalue weighted by atomic mass is 9.75. The molecule has 52 heavy (non-hydrogen) atoms. The number of thiophene rings is 2. The molecule has 0 spiro atoms. The van der Waals surface area contributed by atoms with Gasteiger partial charge in [-0.3, -0.25) is 0 Å². The Kier molecular flexibility index (Phi) is 11.0. The molecule has 0 N–H and O–H groups in total. The van der Waals surface area contributed by atoms with Crippen LogP contribution in [0.3, 0.4) is 0 Å². The Morgan fingerprint density at radius 2 is 0.654 bits per heavy atom. The lowest BCUT2D eigenvalue weighted by Crippen LogP contribution is -2.30. The Labute approximate surface area is 328 Å². The molecule has 2 aromatic heterocycles. The first-order valence-electron chi connectivity index (χ1n) is 19.0. The van der Waals surface area contributed by atoms with Crippen molar-refractivity contribution in [3.05, 3.63) is 103 Å². The first-order valence-corrected chi connectivity index (χ1v) is 22.5. The van der Waals surface area contributed by atoms with E-state index in [1.807, 2.05) is 22.7 Å². The van der Waals surface area contributed by atoms with Gasteiger partial charge >= 0.3 is 0 Å². The molecular weight excluding hydrogens is 703 g/mol. The molecule has 0 nitrogen and oxygen atoms in total. The van der Waals surface area contributed by atoms with Crippen LogP contribution in [0.5, 0.6) is 0 Å². The molecule has 0 unspecified atom stereocenters. The molecule has 2 heterocycles. The van der Waals surface area contributed by atoms with Gasteiger partial charge in [0.1, 0.15) is 0 Å². The third-order valence-electron chi connectivity index (χ3n) is 10.1. The third kappa shape index (κ3) is 8.42. The van der Waals surface area contributed by atoms with Crippen LogP contribution in [0.25, 0.3) is 20.9 Å². The number of hydrogen-bond acceptors (Lipinski definition) is 2. The lowest BCUT2D eigenvalue weighted by Gasteiger charge is -2.33. The van der Waals surface area contributed by atoms with E-state index in [0.717, 1.165) is 0 Å². The van der Waals surface area contributed by atoms with Crippen LogP contribution in [-0.2, 0) is 32.5 Å². The highest BCUT2D eigenvalue weighted by molar-refractivity contribution is 7.42. The maximum Gasteiger partial charge on any atom is 0.0359 e. The summed E-state index contributed by atoms with van der Waals surface area (Å²) in [5.41, 5.74) is 11.8. The molecule has 0 aliphatic carbocycles. The normalized spacial score (nSPS) is 14.6. The van der Waals surface area contributed by atoms with Crippen molar-refractivity contribution in [1.82, 2.24) is 0 Å². The summed E-state index contributed by atoms with van der Waals surface area (Å²) in [6.45, 7) is 43.0. The molecule has 0 aliphatic heterocycles. The maximum absolute atomic E-state index is 2.55. The van der Waals surface area contributed by atoms with Crippen molar-refractivity contribution in [2.75, 3.05) is 0 Å². The van der Waals surface area contributed by atoms with Crippen molar-refractivity contribution >= 4 is 49.7 Å². The van der Waals surface area contributed by atoms with Gasteiger partial charge < -0.3 is 0 Å². The van der Waals surface area contributed by atoms with E-state index in [1.54, 1.807) is 0 Å². The number of hydrogen-bond donors (Lipinski definition) is 0. The van der Waals surface area contributed by atoms with Crippen LogP contribution in [0.1, 0.15) is 158 Å². The Bertz CT molecular complexity index is 1930. The van der Waals surface area contributed by atoms with Crippen LogP contribution >= 0.6 is 39.1 Å². The number of rotatable bonds is 4. The number of benzene rings is 2. The van der Waals surface area contributed by atoms with Gasteiger partial charge in [-0.25, -0.2) is 0 Å². The molecule has 278 valence electrons. The van der Waals surface area contributed by atoms with Crippen LogP contribution < -0.4 is 10.6 Å². The van der Waals surface area contributed by atoms with E-state index >= 15 is 0 Å². The Balaban J connectivity index is 2.07. The second kappa shape index (κ2) is 13.9. The van der Waals surface area contributed by atoms with Gasteiger partial charge in [-0.05, 0) is 88.8 Å². The zero-order valence-electron chi connectivity index (χ0n) is 35.5. The van der Waals surface area contributed by atoms with Crippen molar-refractivity contribution in [2.45, 2.75) is 157 Å². The Morgan fingerprint density at radius 3 is 0.846 bits per heavy atom. The minimum Gasteiger partial charge on any atom is -0.144 e. The molecule has 5 rings (SSSR count). The highest BCUT2D eigenvalue weighted by atomic mass is 32.1. The van der Waals surface area contributed by atoms with Gasteiger partial charge in [0.25, 0.3) is 0 Å². The minimum atomic E-state index is -0.00321. The van der Waals surface area contributed by atoms with Gasteiger partial charge in [-0.2, -0.15) is 0 Å². The van der Waals surface area contributed by atoms with Gasteiger partial charge in [-0.15, -0.1) is 22.7 Å². The van der Waals surface area contributed by atoms with Crippen LogP contribution in [0.15, 0.2) is 59.3 Å². The Hall–Kier alpha value is -2.08. The molecule has 0 saturated carbocycles. The third-order valence-corrected chi connectivity index (χ3v) is 14.8. The van der Waals surface area contributed by atoms with Crippen molar-refractivity contribution in [1.29, 1.82) is 0 Å². The summed E-state index contributed by atoms with van der Waals surface area (Å²) in [6, 6.07) is 19.3.